The van der Waals surface area contributed by atoms with Gasteiger partial charge in [-0.2, -0.15) is 0 Å². The maximum atomic E-state index is 12.2. The van der Waals surface area contributed by atoms with Crippen molar-refractivity contribution < 1.29 is 19.7 Å². The first-order chi connectivity index (χ1) is 13.5. The molecule has 0 amide bonds. The number of carbonyl (C=O) groups is 1. The van der Waals surface area contributed by atoms with E-state index in [0.29, 0.717) is 17.4 Å². The molecule has 4 saturated carbocycles. The van der Waals surface area contributed by atoms with E-state index in [9.17, 15) is 15.0 Å². The van der Waals surface area contributed by atoms with Crippen LogP contribution in [0.4, 0.5) is 0 Å². The maximum absolute atomic E-state index is 12.2. The molecule has 7 unspecified atom stereocenters. The molecule has 4 nitrogen and oxygen atoms in total. The number of aliphatic hydroxyl groups excluding tert-OH is 1. The summed E-state index contributed by atoms with van der Waals surface area (Å²) >= 11 is 0. The molecule has 4 aliphatic rings. The van der Waals surface area contributed by atoms with Gasteiger partial charge >= 0.3 is 5.97 Å². The van der Waals surface area contributed by atoms with Crippen LogP contribution in [0.15, 0.2) is 11.6 Å². The standard InChI is InChI=1S/C25H40O4/c1-6-16(2)21(27)29-15-25(28)14-24-12-9-18-22(3,4)20(26)10-11-23(18,5)19(24)8-7-17(25)13-24/h6,17-20,26,28H,7-15H2,1-5H3. The third-order valence-electron chi connectivity index (χ3n) is 10.1. The Labute approximate surface area is 176 Å². The Morgan fingerprint density at radius 2 is 1.83 bits per heavy atom. The summed E-state index contributed by atoms with van der Waals surface area (Å²) in [6.07, 6.45) is 9.82. The van der Waals surface area contributed by atoms with E-state index in [1.54, 1.807) is 13.0 Å². The van der Waals surface area contributed by atoms with Crippen molar-refractivity contribution in [1.82, 2.24) is 0 Å². The van der Waals surface area contributed by atoms with E-state index in [0.717, 1.165) is 51.4 Å². The number of carbonyl (C=O) groups excluding carboxylic acids is 1. The van der Waals surface area contributed by atoms with Gasteiger partial charge in [0.05, 0.1) is 6.10 Å². The van der Waals surface area contributed by atoms with Crippen LogP contribution in [0.3, 0.4) is 0 Å². The van der Waals surface area contributed by atoms with Gasteiger partial charge in [0.25, 0.3) is 0 Å². The second-order valence-corrected chi connectivity index (χ2v) is 11.7. The lowest BCUT2D eigenvalue weighted by atomic mass is 9.41. The van der Waals surface area contributed by atoms with Crippen LogP contribution in [-0.2, 0) is 9.53 Å². The highest BCUT2D eigenvalue weighted by atomic mass is 16.5. The van der Waals surface area contributed by atoms with Crippen LogP contribution in [0.5, 0.6) is 0 Å². The van der Waals surface area contributed by atoms with Gasteiger partial charge in [-0.1, -0.05) is 26.8 Å². The van der Waals surface area contributed by atoms with Crippen LogP contribution in [0.25, 0.3) is 0 Å². The highest BCUT2D eigenvalue weighted by Gasteiger charge is 2.68. The summed E-state index contributed by atoms with van der Waals surface area (Å²) < 4.78 is 5.55. The highest BCUT2D eigenvalue weighted by Crippen LogP contribution is 2.72. The largest absolute Gasteiger partial charge is 0.459 e. The number of esters is 1. The lowest BCUT2D eigenvalue weighted by molar-refractivity contribution is -0.181. The van der Waals surface area contributed by atoms with E-state index in [1.807, 2.05) is 6.92 Å². The second-order valence-electron chi connectivity index (χ2n) is 11.7. The van der Waals surface area contributed by atoms with Crippen molar-refractivity contribution in [3.8, 4) is 0 Å². The summed E-state index contributed by atoms with van der Waals surface area (Å²) in [6.45, 7) is 10.7. The van der Waals surface area contributed by atoms with Gasteiger partial charge in [0, 0.05) is 5.57 Å². The van der Waals surface area contributed by atoms with Crippen molar-refractivity contribution in [3.05, 3.63) is 11.6 Å². The molecule has 0 heterocycles. The van der Waals surface area contributed by atoms with Gasteiger partial charge < -0.3 is 14.9 Å². The normalized spacial score (nSPS) is 48.6. The highest BCUT2D eigenvalue weighted by molar-refractivity contribution is 5.87. The number of hydrogen-bond donors (Lipinski definition) is 2. The predicted octanol–water partition coefficient (Wildman–Crippen LogP) is 4.63. The van der Waals surface area contributed by atoms with Crippen LogP contribution < -0.4 is 0 Å². The number of fused-ring (bicyclic) bond motifs is 3. The minimum absolute atomic E-state index is 0.0418. The zero-order valence-electron chi connectivity index (χ0n) is 19.0. The summed E-state index contributed by atoms with van der Waals surface area (Å²) in [5, 5.41) is 22.3. The van der Waals surface area contributed by atoms with E-state index in [2.05, 4.69) is 20.8 Å². The van der Waals surface area contributed by atoms with Crippen LogP contribution in [0.2, 0.25) is 0 Å². The molecule has 2 N–H and O–H groups in total. The van der Waals surface area contributed by atoms with Crippen molar-refractivity contribution >= 4 is 5.97 Å². The minimum Gasteiger partial charge on any atom is -0.459 e. The quantitative estimate of drug-likeness (QED) is 0.532. The average molecular weight is 405 g/mol. The Morgan fingerprint density at radius 1 is 1.10 bits per heavy atom. The Morgan fingerprint density at radius 3 is 2.52 bits per heavy atom. The lowest BCUT2D eigenvalue weighted by Crippen LogP contribution is -2.59. The van der Waals surface area contributed by atoms with Crippen LogP contribution >= 0.6 is 0 Å². The molecule has 164 valence electrons. The fraction of sp³-hybridized carbons (Fsp3) is 0.880. The van der Waals surface area contributed by atoms with Crippen LogP contribution in [0, 0.1) is 34.0 Å². The molecular formula is C25H40O4. The lowest BCUT2D eigenvalue weighted by Gasteiger charge is -2.64. The molecule has 1 spiro atoms. The van der Waals surface area contributed by atoms with Crippen molar-refractivity contribution in [2.24, 2.45) is 34.0 Å². The maximum Gasteiger partial charge on any atom is 0.333 e. The molecule has 7 atom stereocenters. The van der Waals surface area contributed by atoms with E-state index in [-0.39, 0.29) is 40.8 Å². The molecule has 4 rings (SSSR count). The van der Waals surface area contributed by atoms with Crippen molar-refractivity contribution in [1.29, 1.82) is 0 Å². The number of allylic oxidation sites excluding steroid dienone is 1. The molecular weight excluding hydrogens is 364 g/mol. The zero-order valence-corrected chi connectivity index (χ0v) is 19.0. The molecule has 2 bridgehead atoms. The number of rotatable bonds is 3. The van der Waals surface area contributed by atoms with E-state index in [1.165, 1.54) is 0 Å². The van der Waals surface area contributed by atoms with Crippen molar-refractivity contribution in [2.45, 2.75) is 97.7 Å². The third kappa shape index (κ3) is 3.04. The molecule has 29 heavy (non-hydrogen) atoms. The zero-order chi connectivity index (χ0) is 21.2. The van der Waals surface area contributed by atoms with Gasteiger partial charge in [-0.05, 0) is 99.2 Å². The first kappa shape index (κ1) is 21.4. The molecule has 4 fully saturated rings. The second kappa shape index (κ2) is 6.82. The molecule has 0 aromatic carbocycles. The first-order valence-electron chi connectivity index (χ1n) is 11.7. The van der Waals surface area contributed by atoms with E-state index < -0.39 is 5.60 Å². The Bertz CT molecular complexity index is 712. The molecule has 4 aliphatic carbocycles. The molecule has 4 heteroatoms. The Hall–Kier alpha value is -0.870. The van der Waals surface area contributed by atoms with Crippen LogP contribution in [0.1, 0.15) is 86.0 Å². The van der Waals surface area contributed by atoms with E-state index in [4.69, 9.17) is 4.74 Å². The van der Waals surface area contributed by atoms with Crippen LogP contribution in [-0.4, -0.2) is 34.5 Å². The fourth-order valence-corrected chi connectivity index (χ4v) is 8.43. The monoisotopic (exact) mass is 404 g/mol. The predicted molar refractivity (Wildman–Crippen MR) is 113 cm³/mol. The molecule has 0 aliphatic heterocycles. The summed E-state index contributed by atoms with van der Waals surface area (Å²) in [5.41, 5.74) is 0.0749. The first-order valence-corrected chi connectivity index (χ1v) is 11.7. The third-order valence-corrected chi connectivity index (χ3v) is 10.1. The number of aliphatic hydroxyl groups is 2. The fourth-order valence-electron chi connectivity index (χ4n) is 8.43. The van der Waals surface area contributed by atoms with Gasteiger partial charge in [-0.3, -0.25) is 0 Å². The van der Waals surface area contributed by atoms with Gasteiger partial charge in [-0.25, -0.2) is 4.79 Å². The number of ether oxygens (including phenoxy) is 1. The summed E-state index contributed by atoms with van der Waals surface area (Å²) in [7, 11) is 0. The van der Waals surface area contributed by atoms with E-state index >= 15 is 0 Å². The molecule has 0 radical (unpaired) electrons. The smallest absolute Gasteiger partial charge is 0.333 e. The minimum atomic E-state index is -0.884. The summed E-state index contributed by atoms with van der Waals surface area (Å²) in [6, 6.07) is 0. The molecule has 0 saturated heterocycles. The molecule has 0 aromatic heterocycles. The van der Waals surface area contributed by atoms with Gasteiger partial charge in [0.2, 0.25) is 0 Å². The van der Waals surface area contributed by atoms with Crippen molar-refractivity contribution in [3.63, 3.8) is 0 Å². The van der Waals surface area contributed by atoms with Gasteiger partial charge in [0.1, 0.15) is 12.2 Å². The van der Waals surface area contributed by atoms with Crippen molar-refractivity contribution in [2.75, 3.05) is 6.61 Å². The van der Waals surface area contributed by atoms with Gasteiger partial charge in [-0.15, -0.1) is 0 Å². The molecule has 0 aromatic rings. The summed E-state index contributed by atoms with van der Waals surface area (Å²) in [5.74, 6) is 1.06. The number of hydrogen-bond acceptors (Lipinski definition) is 4. The topological polar surface area (TPSA) is 66.8 Å². The average Bonchev–Trinajstić information content (AvgIpc) is 2.88. The van der Waals surface area contributed by atoms with Gasteiger partial charge in [0.15, 0.2) is 0 Å². The summed E-state index contributed by atoms with van der Waals surface area (Å²) in [4.78, 5) is 12.2. The SMILES string of the molecule is CC=C(C)C(=O)OCC1(O)CC23CCC4C(C)(C)C(O)CCC4(C)C2CCC1C3. The Balaban J connectivity index is 1.57. The Kier molecular flexibility index (Phi) is 5.02.